The number of hydrogen-bond acceptors (Lipinski definition) is 5. The predicted octanol–water partition coefficient (Wildman–Crippen LogP) is 9.51. The molecule has 2 aromatic carbocycles. The van der Waals surface area contributed by atoms with Crippen molar-refractivity contribution in [3.05, 3.63) is 94.2 Å². The van der Waals surface area contributed by atoms with Gasteiger partial charge in [0.1, 0.15) is 11.6 Å². The second kappa shape index (κ2) is 27.0. The van der Waals surface area contributed by atoms with Crippen molar-refractivity contribution in [1.82, 2.24) is 4.90 Å². The van der Waals surface area contributed by atoms with Crippen molar-refractivity contribution >= 4 is 34.6 Å². The highest BCUT2D eigenvalue weighted by molar-refractivity contribution is 7.09. The third-order valence-electron chi connectivity index (χ3n) is 6.69. The lowest BCUT2D eigenvalue weighted by molar-refractivity contribution is -0.140. The van der Waals surface area contributed by atoms with Crippen LogP contribution in [0.4, 0.5) is 0 Å². The molecule has 0 aliphatic heterocycles. The Balaban J connectivity index is 0.000000776. The number of carbonyl (C=O) groups is 4. The minimum atomic E-state index is -0.711. The Morgan fingerprint density at radius 3 is 1.73 bits per heavy atom. The van der Waals surface area contributed by atoms with Crippen molar-refractivity contribution in [3.63, 3.8) is 0 Å². The Morgan fingerprint density at radius 1 is 0.733 bits per heavy atom. The summed E-state index contributed by atoms with van der Waals surface area (Å²) in [5.74, 6) is -0.317. The lowest BCUT2D eigenvalue weighted by Crippen LogP contribution is -2.46. The van der Waals surface area contributed by atoms with Gasteiger partial charge in [-0.2, -0.15) is 0 Å². The van der Waals surface area contributed by atoms with Gasteiger partial charge in [0.2, 0.25) is 5.91 Å². The third-order valence-corrected chi connectivity index (χ3v) is 7.62. The van der Waals surface area contributed by atoms with Gasteiger partial charge in [-0.3, -0.25) is 14.4 Å². The molecular formula is C39H57NO4S. The molecule has 0 saturated heterocycles. The van der Waals surface area contributed by atoms with E-state index in [0.29, 0.717) is 32.2 Å². The average Bonchev–Trinajstić information content (AvgIpc) is 3.56. The smallest absolute Gasteiger partial charge is 0.222 e. The standard InChI is InChI=1S/C19H27NO4S.C9H12.C8H10.C3H8/c1-4-19(24)20(11-10-17-9-6-12-25-17)18(15(3)22)13-16(23)8-5-7-14(2)21;1-2-6-9-7-4-3-5-8-9;1-2-8-6-4-3-5-7-8;1-3-2/h6,9,12,18H,4-5,7-8,10-11,13H2,1-3H3;3-5,7-8H,2,6H2,1H3;3-7H,2H2,1H3;3H2,1-2H3. The zero-order valence-electron chi connectivity index (χ0n) is 28.8. The fraction of sp³-hybridized carbons (Fsp3) is 0.487. The van der Waals surface area contributed by atoms with Crippen LogP contribution in [0.25, 0.3) is 0 Å². The summed E-state index contributed by atoms with van der Waals surface area (Å²) in [4.78, 5) is 50.3. The number of rotatable bonds is 15. The summed E-state index contributed by atoms with van der Waals surface area (Å²) in [6.45, 7) is 13.7. The molecule has 0 saturated carbocycles. The van der Waals surface area contributed by atoms with Gasteiger partial charge < -0.3 is 9.69 Å². The van der Waals surface area contributed by atoms with Gasteiger partial charge in [0.25, 0.3) is 0 Å². The summed E-state index contributed by atoms with van der Waals surface area (Å²) in [6, 6.07) is 24.3. The maximum absolute atomic E-state index is 12.3. The minimum absolute atomic E-state index is 0.0312. The molecule has 1 atom stereocenters. The second-order valence-electron chi connectivity index (χ2n) is 11.0. The van der Waals surface area contributed by atoms with E-state index in [1.165, 1.54) is 44.2 Å². The first kappa shape index (κ1) is 41.6. The number of hydrogen-bond donors (Lipinski definition) is 0. The predicted molar refractivity (Wildman–Crippen MR) is 191 cm³/mol. The number of benzene rings is 2. The zero-order chi connectivity index (χ0) is 33.9. The molecule has 0 aliphatic rings. The molecule has 0 radical (unpaired) electrons. The summed E-state index contributed by atoms with van der Waals surface area (Å²) < 4.78 is 0. The van der Waals surface area contributed by atoms with Gasteiger partial charge in [-0.15, -0.1) is 11.3 Å². The van der Waals surface area contributed by atoms with Crippen LogP contribution in [0.1, 0.15) is 109 Å². The molecule has 0 bridgehead atoms. The first-order valence-corrected chi connectivity index (χ1v) is 17.4. The van der Waals surface area contributed by atoms with Gasteiger partial charge in [0, 0.05) is 37.1 Å². The maximum atomic E-state index is 12.3. The molecule has 0 spiro atoms. The van der Waals surface area contributed by atoms with E-state index < -0.39 is 6.04 Å². The van der Waals surface area contributed by atoms with Crippen LogP contribution in [-0.4, -0.2) is 40.7 Å². The minimum Gasteiger partial charge on any atom is -0.332 e. The van der Waals surface area contributed by atoms with Gasteiger partial charge in [0.05, 0.1) is 6.04 Å². The van der Waals surface area contributed by atoms with E-state index in [1.807, 2.05) is 23.6 Å². The van der Waals surface area contributed by atoms with E-state index in [4.69, 9.17) is 0 Å². The van der Waals surface area contributed by atoms with Gasteiger partial charge in [0.15, 0.2) is 5.78 Å². The molecule has 1 amide bonds. The molecule has 6 heteroatoms. The molecule has 0 aliphatic carbocycles. The van der Waals surface area contributed by atoms with Crippen molar-refractivity contribution in [1.29, 1.82) is 0 Å². The lowest BCUT2D eigenvalue weighted by atomic mass is 10.0. The van der Waals surface area contributed by atoms with Crippen LogP contribution < -0.4 is 0 Å². The quantitative estimate of drug-likeness (QED) is 0.167. The van der Waals surface area contributed by atoms with Crippen molar-refractivity contribution in [2.45, 2.75) is 119 Å². The maximum Gasteiger partial charge on any atom is 0.222 e. The number of Topliss-reactive ketones (excluding diaryl/α,β-unsaturated/α-hetero) is 3. The zero-order valence-corrected chi connectivity index (χ0v) is 29.7. The molecule has 0 N–H and O–H groups in total. The number of amides is 1. The SMILES string of the molecule is CCC.CCC(=O)N(CCc1cccs1)C(CC(=O)CCCC(C)=O)C(C)=O.CCCc1ccccc1.CCc1ccccc1. The third kappa shape index (κ3) is 21.1. The van der Waals surface area contributed by atoms with Gasteiger partial charge in [-0.05, 0) is 62.1 Å². The number of carbonyl (C=O) groups excluding carboxylic acids is 4. The molecule has 248 valence electrons. The van der Waals surface area contributed by atoms with E-state index in [-0.39, 0.29) is 36.1 Å². The van der Waals surface area contributed by atoms with E-state index in [2.05, 4.69) is 82.3 Å². The molecule has 3 aromatic rings. The topological polar surface area (TPSA) is 71.5 Å². The van der Waals surface area contributed by atoms with Crippen LogP contribution in [0, 0.1) is 0 Å². The van der Waals surface area contributed by atoms with Crippen LogP contribution in [0.15, 0.2) is 78.2 Å². The molecule has 1 heterocycles. The number of aryl methyl sites for hydroxylation is 2. The molecule has 1 unspecified atom stereocenters. The van der Waals surface area contributed by atoms with Crippen molar-refractivity contribution in [3.8, 4) is 0 Å². The average molecular weight is 636 g/mol. The van der Waals surface area contributed by atoms with Crippen LogP contribution >= 0.6 is 11.3 Å². The van der Waals surface area contributed by atoms with Crippen LogP contribution in [0.5, 0.6) is 0 Å². The Morgan fingerprint density at radius 2 is 1.31 bits per heavy atom. The highest BCUT2D eigenvalue weighted by atomic mass is 32.1. The van der Waals surface area contributed by atoms with Crippen LogP contribution in [-0.2, 0) is 38.4 Å². The number of thiophene rings is 1. The first-order valence-electron chi connectivity index (χ1n) is 16.5. The van der Waals surface area contributed by atoms with Gasteiger partial charge >= 0.3 is 0 Å². The lowest BCUT2D eigenvalue weighted by Gasteiger charge is -2.29. The summed E-state index contributed by atoms with van der Waals surface area (Å²) in [5, 5.41) is 1.97. The fourth-order valence-electron chi connectivity index (χ4n) is 4.32. The number of ketones is 3. The highest BCUT2D eigenvalue weighted by Gasteiger charge is 2.28. The Bertz CT molecular complexity index is 1180. The summed E-state index contributed by atoms with van der Waals surface area (Å²) >= 11 is 1.61. The van der Waals surface area contributed by atoms with Gasteiger partial charge in [-0.25, -0.2) is 0 Å². The van der Waals surface area contributed by atoms with E-state index in [1.54, 1.807) is 23.2 Å². The molecule has 3 rings (SSSR count). The molecule has 0 fully saturated rings. The van der Waals surface area contributed by atoms with Gasteiger partial charge in [-0.1, -0.05) is 114 Å². The van der Waals surface area contributed by atoms with Crippen LogP contribution in [0.2, 0.25) is 0 Å². The van der Waals surface area contributed by atoms with Crippen LogP contribution in [0.3, 0.4) is 0 Å². The molecule has 1 aromatic heterocycles. The number of nitrogens with zero attached hydrogens (tertiary/aromatic N) is 1. The summed E-state index contributed by atoms with van der Waals surface area (Å²) in [7, 11) is 0. The first-order chi connectivity index (χ1) is 21.6. The van der Waals surface area contributed by atoms with E-state index in [9.17, 15) is 19.2 Å². The highest BCUT2D eigenvalue weighted by Crippen LogP contribution is 2.15. The Kier molecular flexibility index (Phi) is 24.9. The van der Waals surface area contributed by atoms with E-state index >= 15 is 0 Å². The summed E-state index contributed by atoms with van der Waals surface area (Å²) in [5.41, 5.74) is 2.85. The normalized spacial score (nSPS) is 10.5. The van der Waals surface area contributed by atoms with Crippen molar-refractivity contribution in [2.75, 3.05) is 6.54 Å². The van der Waals surface area contributed by atoms with E-state index in [0.717, 1.165) is 11.3 Å². The molecule has 45 heavy (non-hydrogen) atoms. The Labute approximate surface area is 277 Å². The molecular weight excluding hydrogens is 578 g/mol. The fourth-order valence-corrected chi connectivity index (χ4v) is 5.01. The monoisotopic (exact) mass is 635 g/mol. The largest absolute Gasteiger partial charge is 0.332 e. The summed E-state index contributed by atoms with van der Waals surface area (Å²) in [6.07, 6.45) is 6.97. The molecule has 5 nitrogen and oxygen atoms in total. The second-order valence-corrected chi connectivity index (χ2v) is 12.0. The Hall–Kier alpha value is -3.38. The van der Waals surface area contributed by atoms with Crippen molar-refractivity contribution < 1.29 is 19.2 Å². The van der Waals surface area contributed by atoms with Crippen molar-refractivity contribution in [2.24, 2.45) is 0 Å².